The van der Waals surface area contributed by atoms with Gasteiger partial charge >= 0.3 is 10.5 Å². The lowest BCUT2D eigenvalue weighted by molar-refractivity contribution is -0.115. The largest absolute Gasteiger partial charge is 0.488 e. The third kappa shape index (κ3) is 4.07. The Bertz CT molecular complexity index is 881. The van der Waals surface area contributed by atoms with Gasteiger partial charge in [0, 0.05) is 10.6 Å². The van der Waals surface area contributed by atoms with Crippen LogP contribution in [0.4, 0.5) is 9.57 Å². The molecule has 1 unspecified atom stereocenters. The maximum atomic E-state index is 12.4. The predicted octanol–water partition coefficient (Wildman–Crippen LogP) is 3.24. The Labute approximate surface area is 143 Å². The van der Waals surface area contributed by atoms with E-state index in [0.717, 1.165) is 16.0 Å². The highest BCUT2D eigenvalue weighted by molar-refractivity contribution is 8.01. The van der Waals surface area contributed by atoms with Gasteiger partial charge in [0.25, 0.3) is 0 Å². The summed E-state index contributed by atoms with van der Waals surface area (Å²) < 4.78 is 37.3. The van der Waals surface area contributed by atoms with Crippen molar-refractivity contribution in [2.24, 2.45) is 0 Å². The number of hydrogen-bond acceptors (Lipinski definition) is 5. The maximum absolute atomic E-state index is 12.4. The Morgan fingerprint density at radius 3 is 2.62 bits per heavy atom. The van der Waals surface area contributed by atoms with Crippen LogP contribution in [0.2, 0.25) is 0 Å². The number of carbonyl (C=O) groups is 1. The molecule has 0 aliphatic carbocycles. The summed E-state index contributed by atoms with van der Waals surface area (Å²) in [6.45, 7) is 2.01. The summed E-state index contributed by atoms with van der Waals surface area (Å²) >= 11 is 1.52. The van der Waals surface area contributed by atoms with E-state index < -0.39 is 10.5 Å². The van der Waals surface area contributed by atoms with Crippen molar-refractivity contribution in [3.05, 3.63) is 53.6 Å². The molecule has 1 heterocycles. The van der Waals surface area contributed by atoms with E-state index in [2.05, 4.69) is 15.6 Å². The van der Waals surface area contributed by atoms with Crippen molar-refractivity contribution in [2.75, 3.05) is 5.32 Å². The number of fused-ring (bicyclic) bond motifs is 1. The first-order valence-electron chi connectivity index (χ1n) is 7.11. The summed E-state index contributed by atoms with van der Waals surface area (Å²) in [4.78, 5) is 13.5. The van der Waals surface area contributed by atoms with Gasteiger partial charge in [0.1, 0.15) is 5.75 Å². The second-order valence-electron chi connectivity index (χ2n) is 5.41. The number of nitrogens with one attached hydrogen (secondary N) is 1. The molecule has 2 aromatic rings. The molecule has 126 valence electrons. The second kappa shape index (κ2) is 6.45. The smallest absolute Gasteiger partial charge is 0.358 e. The van der Waals surface area contributed by atoms with Gasteiger partial charge in [-0.25, -0.2) is 0 Å². The molecule has 1 atom stereocenters. The van der Waals surface area contributed by atoms with Gasteiger partial charge in [0.15, 0.2) is 0 Å². The third-order valence-corrected chi connectivity index (χ3v) is 5.20. The van der Waals surface area contributed by atoms with E-state index in [-0.39, 0.29) is 16.9 Å². The highest BCUT2D eigenvalue weighted by Gasteiger charge is 2.28. The second-order valence-corrected chi connectivity index (χ2v) is 7.61. The molecule has 0 spiro atoms. The Balaban J connectivity index is 1.64. The van der Waals surface area contributed by atoms with E-state index in [1.807, 2.05) is 19.1 Å². The lowest BCUT2D eigenvalue weighted by Gasteiger charge is -2.10. The quantitative estimate of drug-likeness (QED) is 0.840. The molecule has 0 saturated heterocycles. The third-order valence-electron chi connectivity index (χ3n) is 3.51. The van der Waals surface area contributed by atoms with Crippen molar-refractivity contribution in [3.63, 3.8) is 0 Å². The van der Waals surface area contributed by atoms with Crippen molar-refractivity contribution in [1.82, 2.24) is 0 Å². The zero-order chi connectivity index (χ0) is 17.3. The maximum Gasteiger partial charge on any atom is 0.488 e. The number of aryl methyl sites for hydroxylation is 1. The summed E-state index contributed by atoms with van der Waals surface area (Å²) in [5, 5.41) is 2.55. The fourth-order valence-electron chi connectivity index (χ4n) is 2.41. The van der Waals surface area contributed by atoms with Crippen LogP contribution in [-0.2, 0) is 21.7 Å². The molecule has 0 aromatic heterocycles. The van der Waals surface area contributed by atoms with Gasteiger partial charge < -0.3 is 9.50 Å². The molecule has 0 radical (unpaired) electrons. The SMILES string of the molecule is Cc1ccc2c(c1)SC(C(=O)Nc1ccc(OS(=O)(=O)F)cc1)C2. The Morgan fingerprint density at radius 1 is 1.25 bits per heavy atom. The Kier molecular flexibility index (Phi) is 4.51. The topological polar surface area (TPSA) is 72.5 Å². The number of halogens is 1. The first-order valence-corrected chi connectivity index (χ1v) is 9.30. The predicted molar refractivity (Wildman–Crippen MR) is 90.3 cm³/mol. The summed E-state index contributed by atoms with van der Waals surface area (Å²) in [6.07, 6.45) is 0.660. The average molecular weight is 367 g/mol. The number of thioether (sulfide) groups is 1. The molecule has 1 aliphatic heterocycles. The molecule has 0 saturated carbocycles. The number of benzene rings is 2. The van der Waals surface area contributed by atoms with Crippen LogP contribution in [-0.4, -0.2) is 19.6 Å². The lowest BCUT2D eigenvalue weighted by atomic mass is 10.1. The zero-order valence-corrected chi connectivity index (χ0v) is 14.3. The van der Waals surface area contributed by atoms with Crippen molar-refractivity contribution in [1.29, 1.82) is 0 Å². The van der Waals surface area contributed by atoms with Crippen LogP contribution in [0.5, 0.6) is 5.75 Å². The van der Waals surface area contributed by atoms with Gasteiger partial charge in [-0.3, -0.25) is 4.79 Å². The summed E-state index contributed by atoms with van der Waals surface area (Å²) in [5.74, 6) is -0.297. The number of rotatable bonds is 4. The summed E-state index contributed by atoms with van der Waals surface area (Å²) in [6, 6.07) is 11.6. The fourth-order valence-corrected chi connectivity index (χ4v) is 4.05. The van der Waals surface area contributed by atoms with Crippen LogP contribution in [0.3, 0.4) is 0 Å². The van der Waals surface area contributed by atoms with E-state index >= 15 is 0 Å². The van der Waals surface area contributed by atoms with Crippen molar-refractivity contribution < 1.29 is 21.3 Å². The van der Waals surface area contributed by atoms with E-state index in [1.165, 1.54) is 36.0 Å². The molecule has 2 aromatic carbocycles. The normalized spacial score (nSPS) is 16.5. The summed E-state index contributed by atoms with van der Waals surface area (Å²) in [5.41, 5.74) is 2.79. The van der Waals surface area contributed by atoms with E-state index in [4.69, 9.17) is 0 Å². The zero-order valence-electron chi connectivity index (χ0n) is 12.7. The molecular formula is C16H14FNO4S2. The Hall–Kier alpha value is -2.06. The standard InChI is InChI=1S/C16H14FNO4S2/c1-10-2-3-11-9-15(23-14(11)8-10)16(19)18-12-4-6-13(7-5-12)22-24(17,20)21/h2-8,15H,9H2,1H3,(H,18,19). The molecular weight excluding hydrogens is 353 g/mol. The number of amides is 1. The minimum atomic E-state index is -5.05. The molecule has 1 N–H and O–H groups in total. The van der Waals surface area contributed by atoms with Gasteiger partial charge in [0.2, 0.25) is 5.91 Å². The molecule has 1 aliphatic rings. The van der Waals surface area contributed by atoms with Gasteiger partial charge in [-0.15, -0.1) is 11.8 Å². The lowest BCUT2D eigenvalue weighted by Crippen LogP contribution is -2.24. The minimum Gasteiger partial charge on any atom is -0.358 e. The van der Waals surface area contributed by atoms with Crippen LogP contribution in [0.25, 0.3) is 0 Å². The highest BCUT2D eigenvalue weighted by Crippen LogP contribution is 2.38. The summed E-state index contributed by atoms with van der Waals surface area (Å²) in [7, 11) is -5.05. The first kappa shape index (κ1) is 16.8. The van der Waals surface area contributed by atoms with E-state index in [9.17, 15) is 17.1 Å². The molecule has 0 bridgehead atoms. The average Bonchev–Trinajstić information content (AvgIpc) is 2.91. The molecule has 0 fully saturated rings. The minimum absolute atomic E-state index is 0.138. The van der Waals surface area contributed by atoms with Crippen LogP contribution in [0, 0.1) is 6.92 Å². The molecule has 1 amide bonds. The van der Waals surface area contributed by atoms with Crippen molar-refractivity contribution in [3.8, 4) is 5.75 Å². The van der Waals surface area contributed by atoms with Crippen LogP contribution >= 0.6 is 11.8 Å². The van der Waals surface area contributed by atoms with E-state index in [1.54, 1.807) is 0 Å². The molecule has 3 rings (SSSR count). The van der Waals surface area contributed by atoms with Crippen LogP contribution < -0.4 is 9.50 Å². The molecule has 8 heteroatoms. The van der Waals surface area contributed by atoms with Gasteiger partial charge in [-0.1, -0.05) is 21.6 Å². The first-order chi connectivity index (χ1) is 11.3. The molecule has 24 heavy (non-hydrogen) atoms. The van der Waals surface area contributed by atoms with E-state index in [0.29, 0.717) is 12.1 Å². The fraction of sp³-hybridized carbons (Fsp3) is 0.188. The van der Waals surface area contributed by atoms with Gasteiger partial charge in [0.05, 0.1) is 5.25 Å². The van der Waals surface area contributed by atoms with Gasteiger partial charge in [-0.05, 0) is 49.2 Å². The van der Waals surface area contributed by atoms with Crippen LogP contribution in [0.15, 0.2) is 47.4 Å². The van der Waals surface area contributed by atoms with Gasteiger partial charge in [-0.2, -0.15) is 8.42 Å². The number of carbonyl (C=O) groups excluding carboxylic acids is 1. The highest BCUT2D eigenvalue weighted by atomic mass is 32.3. The van der Waals surface area contributed by atoms with Crippen molar-refractivity contribution >= 4 is 33.9 Å². The number of anilines is 1. The van der Waals surface area contributed by atoms with Crippen LogP contribution in [0.1, 0.15) is 11.1 Å². The monoisotopic (exact) mass is 367 g/mol. The van der Waals surface area contributed by atoms with Crippen molar-refractivity contribution in [2.45, 2.75) is 23.5 Å². The molecule has 5 nitrogen and oxygen atoms in total. The number of hydrogen-bond donors (Lipinski definition) is 1. The Morgan fingerprint density at radius 2 is 1.96 bits per heavy atom.